The zero-order chi connectivity index (χ0) is 13.8. The third-order valence-corrected chi connectivity index (χ3v) is 3.19. The summed E-state index contributed by atoms with van der Waals surface area (Å²) in [5.41, 5.74) is 2.99. The second-order valence-electron chi connectivity index (χ2n) is 4.50. The van der Waals surface area contributed by atoms with Gasteiger partial charge in [0.2, 0.25) is 0 Å². The Labute approximate surface area is 130 Å². The predicted molar refractivity (Wildman–Crippen MR) is 90.9 cm³/mol. The van der Waals surface area contributed by atoms with Crippen LogP contribution in [0.5, 0.6) is 5.75 Å². The van der Waals surface area contributed by atoms with Crippen LogP contribution in [0.3, 0.4) is 0 Å². The molecule has 1 aromatic heterocycles. The van der Waals surface area contributed by atoms with E-state index in [2.05, 4.69) is 17.1 Å². The first kappa shape index (κ1) is 15.1. The molecular weight excluding hydrogens is 282 g/mol. The number of ether oxygens (including phenoxy) is 1. The van der Waals surface area contributed by atoms with Crippen LogP contribution in [0, 0.1) is 0 Å². The lowest BCUT2D eigenvalue weighted by molar-refractivity contribution is 0.414. The van der Waals surface area contributed by atoms with E-state index in [1.165, 1.54) is 0 Å². The summed E-state index contributed by atoms with van der Waals surface area (Å²) < 4.78 is 5.33. The van der Waals surface area contributed by atoms with Crippen molar-refractivity contribution in [2.75, 3.05) is 7.11 Å². The highest BCUT2D eigenvalue weighted by Gasteiger charge is 1.98. The van der Waals surface area contributed by atoms with Crippen LogP contribution in [0.2, 0.25) is 0 Å². The third-order valence-electron chi connectivity index (χ3n) is 3.19. The van der Waals surface area contributed by atoms with Gasteiger partial charge in [-0.1, -0.05) is 42.5 Å². The lowest BCUT2D eigenvalue weighted by Gasteiger charge is -2.03. The maximum Gasteiger partial charge on any atom is 0.126 e. The Balaban J connectivity index is 0.00000161. The van der Waals surface area contributed by atoms with E-state index < -0.39 is 0 Å². The van der Waals surface area contributed by atoms with Gasteiger partial charge in [-0.3, -0.25) is 0 Å². The van der Waals surface area contributed by atoms with Crippen molar-refractivity contribution in [1.29, 1.82) is 0 Å². The zero-order valence-electron chi connectivity index (χ0n) is 11.7. The minimum atomic E-state index is 0. The van der Waals surface area contributed by atoms with Crippen LogP contribution in [-0.4, -0.2) is 12.1 Å². The average Bonchev–Trinajstić information content (AvgIpc) is 2.53. The fraction of sp³-hybridized carbons (Fsp3) is 0.0556. The molecule has 0 aliphatic heterocycles. The molecule has 0 aliphatic rings. The van der Waals surface area contributed by atoms with Crippen molar-refractivity contribution in [3.05, 3.63) is 71.9 Å². The van der Waals surface area contributed by atoms with Gasteiger partial charge in [-0.2, -0.15) is 0 Å². The van der Waals surface area contributed by atoms with Gasteiger partial charge in [-0.05, 0) is 30.4 Å². The smallest absolute Gasteiger partial charge is 0.126 e. The molecule has 21 heavy (non-hydrogen) atoms. The Morgan fingerprint density at radius 2 is 1.62 bits per heavy atom. The number of pyridine rings is 1. The van der Waals surface area contributed by atoms with E-state index >= 15 is 0 Å². The average molecular weight is 298 g/mol. The van der Waals surface area contributed by atoms with Crippen LogP contribution in [0.1, 0.15) is 11.3 Å². The largest absolute Gasteiger partial charge is 0.496 e. The van der Waals surface area contributed by atoms with Crippen molar-refractivity contribution in [2.45, 2.75) is 0 Å². The Kier molecular flexibility index (Phi) is 4.96. The molecule has 0 spiro atoms. The number of hydrogen-bond acceptors (Lipinski definition) is 2. The number of aromatic nitrogens is 1. The van der Waals surface area contributed by atoms with Crippen molar-refractivity contribution in [1.82, 2.24) is 4.98 Å². The molecule has 1 heterocycles. The highest BCUT2D eigenvalue weighted by Crippen LogP contribution is 2.20. The van der Waals surface area contributed by atoms with E-state index in [1.54, 1.807) is 7.11 Å². The van der Waals surface area contributed by atoms with Crippen molar-refractivity contribution >= 4 is 35.5 Å². The molecule has 0 aliphatic carbocycles. The number of hydrogen-bond donors (Lipinski definition) is 0. The summed E-state index contributed by atoms with van der Waals surface area (Å²) in [7, 11) is 1.68. The van der Waals surface area contributed by atoms with Crippen LogP contribution in [0.25, 0.3) is 23.1 Å². The summed E-state index contributed by atoms with van der Waals surface area (Å²) >= 11 is 0. The molecule has 0 radical (unpaired) electrons. The van der Waals surface area contributed by atoms with Gasteiger partial charge in [-0.15, -0.1) is 12.4 Å². The molecule has 0 N–H and O–H groups in total. The van der Waals surface area contributed by atoms with E-state index in [4.69, 9.17) is 4.74 Å². The molecule has 2 aromatic carbocycles. The van der Waals surface area contributed by atoms with Gasteiger partial charge in [0.25, 0.3) is 0 Å². The normalized spacial score (nSPS) is 10.5. The molecular formula is C18H16ClNO. The van der Waals surface area contributed by atoms with Crippen LogP contribution >= 0.6 is 12.4 Å². The Bertz CT molecular complexity index is 768. The standard InChI is InChI=1S/C18H15NO.ClH/c1-20-18-9-5-3-7-15(18)11-13-16-12-10-14-6-2-4-8-17(14)19-16;/h2-13H,1H3;1H. The van der Waals surface area contributed by atoms with Gasteiger partial charge in [0.05, 0.1) is 18.3 Å². The van der Waals surface area contributed by atoms with Crippen molar-refractivity contribution in [3.8, 4) is 5.75 Å². The molecule has 3 heteroatoms. The SMILES string of the molecule is COc1ccccc1C=Cc1ccc2ccccc2n1.Cl. The lowest BCUT2D eigenvalue weighted by Crippen LogP contribution is -1.86. The van der Waals surface area contributed by atoms with Crippen LogP contribution in [0.15, 0.2) is 60.7 Å². The Morgan fingerprint density at radius 1 is 0.857 bits per heavy atom. The molecule has 0 bridgehead atoms. The molecule has 0 saturated heterocycles. The van der Waals surface area contributed by atoms with Crippen LogP contribution < -0.4 is 4.74 Å². The first-order chi connectivity index (χ1) is 9.86. The lowest BCUT2D eigenvalue weighted by atomic mass is 10.1. The quantitative estimate of drug-likeness (QED) is 0.690. The first-order valence-corrected chi connectivity index (χ1v) is 6.54. The minimum absolute atomic E-state index is 0. The maximum atomic E-state index is 5.33. The fourth-order valence-corrected chi connectivity index (χ4v) is 2.15. The highest BCUT2D eigenvalue weighted by molar-refractivity contribution is 5.85. The van der Waals surface area contributed by atoms with Crippen LogP contribution in [-0.2, 0) is 0 Å². The van der Waals surface area contributed by atoms with Gasteiger partial charge in [0, 0.05) is 10.9 Å². The fourth-order valence-electron chi connectivity index (χ4n) is 2.15. The van der Waals surface area contributed by atoms with Crippen molar-refractivity contribution in [2.24, 2.45) is 0 Å². The summed E-state index contributed by atoms with van der Waals surface area (Å²) in [6.07, 6.45) is 4.03. The second-order valence-corrected chi connectivity index (χ2v) is 4.50. The molecule has 3 rings (SSSR count). The summed E-state index contributed by atoms with van der Waals surface area (Å²) in [5, 5.41) is 1.15. The maximum absolute atomic E-state index is 5.33. The molecule has 0 amide bonds. The Hall–Kier alpha value is -2.32. The molecule has 0 atom stereocenters. The number of benzene rings is 2. The van der Waals surface area contributed by atoms with E-state index in [9.17, 15) is 0 Å². The van der Waals surface area contributed by atoms with E-state index in [-0.39, 0.29) is 12.4 Å². The van der Waals surface area contributed by atoms with Gasteiger partial charge >= 0.3 is 0 Å². The van der Waals surface area contributed by atoms with Crippen LogP contribution in [0.4, 0.5) is 0 Å². The highest BCUT2D eigenvalue weighted by atomic mass is 35.5. The molecule has 3 aromatic rings. The van der Waals surface area contributed by atoms with Gasteiger partial charge in [0.15, 0.2) is 0 Å². The topological polar surface area (TPSA) is 22.1 Å². The predicted octanol–water partition coefficient (Wildman–Crippen LogP) is 4.84. The van der Waals surface area contributed by atoms with Gasteiger partial charge < -0.3 is 4.74 Å². The first-order valence-electron chi connectivity index (χ1n) is 6.54. The number of nitrogens with zero attached hydrogens (tertiary/aromatic N) is 1. The molecule has 2 nitrogen and oxygen atoms in total. The summed E-state index contributed by atoms with van der Waals surface area (Å²) in [5.74, 6) is 0.865. The van der Waals surface area contributed by atoms with Gasteiger partial charge in [-0.25, -0.2) is 4.98 Å². The number of fused-ring (bicyclic) bond motifs is 1. The molecule has 106 valence electrons. The number of halogens is 1. The summed E-state index contributed by atoms with van der Waals surface area (Å²) in [4.78, 5) is 4.62. The Morgan fingerprint density at radius 3 is 2.48 bits per heavy atom. The minimum Gasteiger partial charge on any atom is -0.496 e. The van der Waals surface area contributed by atoms with Gasteiger partial charge in [0.1, 0.15) is 5.75 Å². The zero-order valence-corrected chi connectivity index (χ0v) is 12.5. The summed E-state index contributed by atoms with van der Waals surface area (Å²) in [6.45, 7) is 0. The summed E-state index contributed by atoms with van der Waals surface area (Å²) in [6, 6.07) is 20.2. The molecule has 0 fully saturated rings. The van der Waals surface area contributed by atoms with Crippen molar-refractivity contribution in [3.63, 3.8) is 0 Å². The molecule has 0 saturated carbocycles. The van der Waals surface area contributed by atoms with E-state index in [0.29, 0.717) is 0 Å². The number of methoxy groups -OCH3 is 1. The second kappa shape index (κ2) is 6.91. The number of rotatable bonds is 3. The molecule has 0 unspecified atom stereocenters. The number of para-hydroxylation sites is 2. The third kappa shape index (κ3) is 3.41. The van der Waals surface area contributed by atoms with E-state index in [1.807, 2.05) is 60.7 Å². The van der Waals surface area contributed by atoms with E-state index in [0.717, 1.165) is 27.9 Å². The monoisotopic (exact) mass is 297 g/mol. The van der Waals surface area contributed by atoms with Crippen molar-refractivity contribution < 1.29 is 4.74 Å².